The van der Waals surface area contributed by atoms with Gasteiger partial charge in [-0.05, 0) is 24.6 Å². The first kappa shape index (κ1) is 16.6. The van der Waals surface area contributed by atoms with Crippen LogP contribution < -0.4 is 5.32 Å². The van der Waals surface area contributed by atoms with E-state index in [-0.39, 0.29) is 25.4 Å². The first-order valence-corrected chi connectivity index (χ1v) is 8.14. The molecule has 0 aliphatic rings. The van der Waals surface area contributed by atoms with Crippen LogP contribution in [-0.2, 0) is 20.9 Å². The van der Waals surface area contributed by atoms with Crippen molar-refractivity contribution in [1.29, 1.82) is 0 Å². The Morgan fingerprint density at radius 2 is 1.95 bits per heavy atom. The molecule has 0 unspecified atom stereocenters. The van der Waals surface area contributed by atoms with Crippen molar-refractivity contribution in [3.8, 4) is 0 Å². The third-order valence-electron chi connectivity index (χ3n) is 2.64. The molecule has 1 heterocycles. The van der Waals surface area contributed by atoms with Crippen molar-refractivity contribution in [3.05, 3.63) is 39.3 Å². The summed E-state index contributed by atoms with van der Waals surface area (Å²) in [5.41, 5.74) is 0.894. The molecule has 0 saturated heterocycles. The Morgan fingerprint density at radius 1 is 1.23 bits per heavy atom. The number of amides is 1. The number of nitrogens with one attached hydrogen (secondary N) is 1. The molecule has 0 bridgehead atoms. The van der Waals surface area contributed by atoms with Gasteiger partial charge in [0.15, 0.2) is 0 Å². The van der Waals surface area contributed by atoms with Gasteiger partial charge in [0.1, 0.15) is 11.6 Å². The number of carbonyl (C=O) groups excluding carboxylic acids is 2. The molecule has 0 atom stereocenters. The molecule has 0 aliphatic heterocycles. The van der Waals surface area contributed by atoms with Crippen LogP contribution in [0.25, 0.3) is 0 Å². The summed E-state index contributed by atoms with van der Waals surface area (Å²) < 4.78 is 6.08. The number of hydrogen-bond acceptors (Lipinski definition) is 6. The minimum Gasteiger partial charge on any atom is -0.461 e. The van der Waals surface area contributed by atoms with Crippen LogP contribution in [0.5, 0.6) is 0 Å². The van der Waals surface area contributed by atoms with Crippen LogP contribution in [0.4, 0.5) is 5.13 Å². The second-order valence-electron chi connectivity index (χ2n) is 4.46. The summed E-state index contributed by atoms with van der Waals surface area (Å²) in [6, 6.07) is 7.48. The molecular weight excluding hydrogens is 370 g/mol. The predicted molar refractivity (Wildman–Crippen MR) is 86.4 cm³/mol. The highest BCUT2D eigenvalue weighted by molar-refractivity contribution is 9.10. The SMILES string of the molecule is Cc1nnc(NC(=O)CCC(=O)OCc2ccc(Br)cc2)s1. The van der Waals surface area contributed by atoms with Gasteiger partial charge >= 0.3 is 5.97 Å². The lowest BCUT2D eigenvalue weighted by molar-refractivity contribution is -0.145. The average molecular weight is 384 g/mol. The van der Waals surface area contributed by atoms with Gasteiger partial charge in [0, 0.05) is 10.9 Å². The van der Waals surface area contributed by atoms with E-state index in [9.17, 15) is 9.59 Å². The van der Waals surface area contributed by atoms with Crippen LogP contribution in [0.15, 0.2) is 28.7 Å². The van der Waals surface area contributed by atoms with E-state index in [4.69, 9.17) is 4.74 Å². The maximum Gasteiger partial charge on any atom is 0.306 e. The maximum absolute atomic E-state index is 11.7. The van der Waals surface area contributed by atoms with Crippen LogP contribution in [0.1, 0.15) is 23.4 Å². The van der Waals surface area contributed by atoms with Gasteiger partial charge in [0.25, 0.3) is 0 Å². The number of rotatable bonds is 6. The van der Waals surface area contributed by atoms with Gasteiger partial charge in [-0.25, -0.2) is 0 Å². The van der Waals surface area contributed by atoms with Crippen LogP contribution in [0.2, 0.25) is 0 Å². The summed E-state index contributed by atoms with van der Waals surface area (Å²) in [7, 11) is 0. The standard InChI is InChI=1S/C14H14BrN3O3S/c1-9-17-18-14(22-9)16-12(19)6-7-13(20)21-8-10-2-4-11(15)5-3-10/h2-5H,6-8H2,1H3,(H,16,18,19). The average Bonchev–Trinajstić information content (AvgIpc) is 2.89. The van der Waals surface area contributed by atoms with E-state index in [1.807, 2.05) is 24.3 Å². The zero-order valence-electron chi connectivity index (χ0n) is 11.8. The molecule has 0 radical (unpaired) electrons. The van der Waals surface area contributed by atoms with Gasteiger partial charge in [-0.3, -0.25) is 9.59 Å². The van der Waals surface area contributed by atoms with E-state index in [0.29, 0.717) is 5.13 Å². The number of esters is 1. The van der Waals surface area contributed by atoms with Gasteiger partial charge in [0.05, 0.1) is 6.42 Å². The van der Waals surface area contributed by atoms with E-state index in [0.717, 1.165) is 15.0 Å². The highest BCUT2D eigenvalue weighted by Crippen LogP contribution is 2.14. The second kappa shape index (κ2) is 8.00. The Morgan fingerprint density at radius 3 is 2.59 bits per heavy atom. The molecular formula is C14H14BrN3O3S. The van der Waals surface area contributed by atoms with Crippen molar-refractivity contribution in [2.75, 3.05) is 5.32 Å². The predicted octanol–water partition coefficient (Wildman–Crippen LogP) is 3.07. The van der Waals surface area contributed by atoms with Crippen molar-refractivity contribution in [2.24, 2.45) is 0 Å². The molecule has 1 N–H and O–H groups in total. The number of anilines is 1. The van der Waals surface area contributed by atoms with E-state index >= 15 is 0 Å². The number of halogens is 1. The van der Waals surface area contributed by atoms with E-state index in [1.165, 1.54) is 11.3 Å². The third kappa shape index (κ3) is 5.53. The Kier molecular flexibility index (Phi) is 6.02. The quantitative estimate of drug-likeness (QED) is 0.775. The monoisotopic (exact) mass is 383 g/mol. The van der Waals surface area contributed by atoms with Crippen LogP contribution in [0.3, 0.4) is 0 Å². The number of hydrogen-bond donors (Lipinski definition) is 1. The summed E-state index contributed by atoms with van der Waals surface area (Å²) in [6.45, 7) is 2.00. The maximum atomic E-state index is 11.7. The van der Waals surface area contributed by atoms with Crippen molar-refractivity contribution in [3.63, 3.8) is 0 Å². The first-order valence-electron chi connectivity index (χ1n) is 6.53. The van der Waals surface area contributed by atoms with Crippen LogP contribution in [0, 0.1) is 6.92 Å². The topological polar surface area (TPSA) is 81.2 Å². The van der Waals surface area contributed by atoms with Gasteiger partial charge in [-0.2, -0.15) is 0 Å². The van der Waals surface area contributed by atoms with Crippen LogP contribution >= 0.6 is 27.3 Å². The molecule has 0 fully saturated rings. The Bertz CT molecular complexity index is 658. The molecule has 1 aromatic carbocycles. The molecule has 1 aromatic heterocycles. The number of ether oxygens (including phenoxy) is 1. The number of carbonyl (C=O) groups is 2. The molecule has 2 rings (SSSR count). The minimum atomic E-state index is -0.411. The summed E-state index contributed by atoms with van der Waals surface area (Å²) in [5.74, 6) is -0.691. The van der Waals surface area contributed by atoms with E-state index < -0.39 is 5.97 Å². The lowest BCUT2D eigenvalue weighted by Gasteiger charge is -2.05. The Balaban J connectivity index is 1.68. The lowest BCUT2D eigenvalue weighted by Crippen LogP contribution is -2.14. The number of aryl methyl sites for hydroxylation is 1. The Hall–Kier alpha value is -1.80. The molecule has 0 aliphatic carbocycles. The second-order valence-corrected chi connectivity index (χ2v) is 6.56. The summed E-state index contributed by atoms with van der Waals surface area (Å²) in [4.78, 5) is 23.3. The minimum absolute atomic E-state index is 0.0279. The van der Waals surface area contributed by atoms with Gasteiger partial charge in [0.2, 0.25) is 11.0 Å². The number of aromatic nitrogens is 2. The largest absolute Gasteiger partial charge is 0.461 e. The van der Waals surface area contributed by atoms with Gasteiger partial charge < -0.3 is 10.1 Å². The smallest absolute Gasteiger partial charge is 0.306 e. The molecule has 116 valence electrons. The van der Waals surface area contributed by atoms with Crippen molar-refractivity contribution < 1.29 is 14.3 Å². The summed E-state index contributed by atoms with van der Waals surface area (Å²) in [6.07, 6.45) is 0.0813. The zero-order chi connectivity index (χ0) is 15.9. The van der Waals surface area contributed by atoms with E-state index in [1.54, 1.807) is 6.92 Å². The van der Waals surface area contributed by atoms with Crippen molar-refractivity contribution >= 4 is 44.3 Å². The lowest BCUT2D eigenvalue weighted by atomic mass is 10.2. The fourth-order valence-corrected chi connectivity index (χ4v) is 2.43. The number of benzene rings is 1. The highest BCUT2D eigenvalue weighted by Gasteiger charge is 2.10. The molecule has 2 aromatic rings. The van der Waals surface area contributed by atoms with Gasteiger partial charge in [-0.1, -0.05) is 39.4 Å². The third-order valence-corrected chi connectivity index (χ3v) is 3.92. The first-order chi connectivity index (χ1) is 10.5. The van der Waals surface area contributed by atoms with Gasteiger partial charge in [-0.15, -0.1) is 10.2 Å². The molecule has 0 spiro atoms. The molecule has 8 heteroatoms. The fourth-order valence-electron chi connectivity index (χ4n) is 1.56. The molecule has 0 saturated carbocycles. The fraction of sp³-hybridized carbons (Fsp3) is 0.286. The normalized spacial score (nSPS) is 10.3. The molecule has 6 nitrogen and oxygen atoms in total. The zero-order valence-corrected chi connectivity index (χ0v) is 14.2. The summed E-state index contributed by atoms with van der Waals surface area (Å²) in [5, 5.41) is 11.4. The molecule has 22 heavy (non-hydrogen) atoms. The van der Waals surface area contributed by atoms with E-state index in [2.05, 4.69) is 31.4 Å². The highest BCUT2D eigenvalue weighted by atomic mass is 79.9. The summed E-state index contributed by atoms with van der Waals surface area (Å²) >= 11 is 4.62. The van der Waals surface area contributed by atoms with Crippen LogP contribution in [-0.4, -0.2) is 22.1 Å². The van der Waals surface area contributed by atoms with Crippen molar-refractivity contribution in [2.45, 2.75) is 26.4 Å². The number of nitrogens with zero attached hydrogens (tertiary/aromatic N) is 2. The van der Waals surface area contributed by atoms with Crippen molar-refractivity contribution in [1.82, 2.24) is 10.2 Å². The Labute approximate surface area is 140 Å². The molecule has 1 amide bonds.